The van der Waals surface area contributed by atoms with Crippen molar-refractivity contribution in [2.45, 2.75) is 50.9 Å². The van der Waals surface area contributed by atoms with Gasteiger partial charge < -0.3 is 19.7 Å². The number of hydrogen-bond acceptors (Lipinski definition) is 4. The summed E-state index contributed by atoms with van der Waals surface area (Å²) in [6.45, 7) is 4.29. The molecule has 0 bridgehead atoms. The molecule has 0 saturated carbocycles. The molecule has 0 amide bonds. The molecule has 3 heterocycles. The van der Waals surface area contributed by atoms with E-state index < -0.39 is 0 Å². The average molecular weight is 335 g/mol. The van der Waals surface area contributed by atoms with Crippen LogP contribution >= 0.6 is 0 Å². The molecule has 7 nitrogen and oxygen atoms in total. The summed E-state index contributed by atoms with van der Waals surface area (Å²) in [6.07, 6.45) is 8.10. The van der Waals surface area contributed by atoms with E-state index >= 15 is 0 Å². The van der Waals surface area contributed by atoms with Crippen LogP contribution in [-0.4, -0.2) is 66.6 Å². The van der Waals surface area contributed by atoms with Crippen molar-refractivity contribution in [3.8, 4) is 0 Å². The van der Waals surface area contributed by atoms with Crippen LogP contribution in [0.3, 0.4) is 0 Å². The van der Waals surface area contributed by atoms with Gasteiger partial charge >= 0.3 is 0 Å². The first-order chi connectivity index (χ1) is 11.8. The Labute approximate surface area is 143 Å². The summed E-state index contributed by atoms with van der Waals surface area (Å²) in [5.74, 6) is 0.943. The van der Waals surface area contributed by atoms with Gasteiger partial charge in [-0.3, -0.25) is 10.1 Å². The van der Waals surface area contributed by atoms with Crippen LogP contribution in [0, 0.1) is 0 Å². The SMILES string of the molecule is CN=C(NCc1ccn[nH]1)N1CCC(OCC2CCCCO2)CC1. The smallest absolute Gasteiger partial charge is 0.193 e. The Morgan fingerprint density at radius 2 is 2.29 bits per heavy atom. The van der Waals surface area contributed by atoms with E-state index in [1.807, 2.05) is 13.1 Å². The van der Waals surface area contributed by atoms with Crippen molar-refractivity contribution >= 4 is 5.96 Å². The first-order valence-corrected chi connectivity index (χ1v) is 9.02. The molecule has 2 aliphatic rings. The summed E-state index contributed by atoms with van der Waals surface area (Å²) in [7, 11) is 1.83. The Hall–Kier alpha value is -1.60. The molecule has 1 atom stereocenters. The highest BCUT2D eigenvalue weighted by Gasteiger charge is 2.23. The Kier molecular flexibility index (Phi) is 6.48. The molecular weight excluding hydrogens is 306 g/mol. The van der Waals surface area contributed by atoms with E-state index in [1.54, 1.807) is 6.20 Å². The fourth-order valence-electron chi connectivity index (χ4n) is 3.31. The molecule has 3 rings (SSSR count). The van der Waals surface area contributed by atoms with Crippen LogP contribution in [0.15, 0.2) is 17.3 Å². The van der Waals surface area contributed by atoms with Crippen LogP contribution in [0.2, 0.25) is 0 Å². The molecule has 0 spiro atoms. The average Bonchev–Trinajstić information content (AvgIpc) is 3.16. The van der Waals surface area contributed by atoms with Crippen molar-refractivity contribution in [3.63, 3.8) is 0 Å². The second-order valence-electron chi connectivity index (χ2n) is 6.49. The molecule has 1 unspecified atom stereocenters. The van der Waals surface area contributed by atoms with E-state index in [9.17, 15) is 0 Å². The van der Waals surface area contributed by atoms with Crippen LogP contribution in [0.5, 0.6) is 0 Å². The third-order valence-corrected chi connectivity index (χ3v) is 4.74. The number of likely N-dealkylation sites (tertiary alicyclic amines) is 1. The lowest BCUT2D eigenvalue weighted by Crippen LogP contribution is -2.47. The van der Waals surface area contributed by atoms with Gasteiger partial charge in [0.1, 0.15) is 0 Å². The van der Waals surface area contributed by atoms with Crippen molar-refractivity contribution in [1.29, 1.82) is 0 Å². The molecule has 134 valence electrons. The van der Waals surface area contributed by atoms with Gasteiger partial charge in [0.2, 0.25) is 0 Å². The van der Waals surface area contributed by atoms with E-state index in [1.165, 1.54) is 12.8 Å². The number of nitrogens with one attached hydrogen (secondary N) is 2. The number of ether oxygens (including phenoxy) is 2. The van der Waals surface area contributed by atoms with Gasteiger partial charge in [-0.2, -0.15) is 5.10 Å². The minimum Gasteiger partial charge on any atom is -0.376 e. The highest BCUT2D eigenvalue weighted by Crippen LogP contribution is 2.18. The van der Waals surface area contributed by atoms with Gasteiger partial charge in [0.05, 0.1) is 31.1 Å². The zero-order valence-electron chi connectivity index (χ0n) is 14.5. The zero-order chi connectivity index (χ0) is 16.6. The van der Waals surface area contributed by atoms with Gasteiger partial charge in [0, 0.05) is 32.9 Å². The lowest BCUT2D eigenvalue weighted by atomic mass is 10.1. The number of guanidine groups is 1. The monoisotopic (exact) mass is 335 g/mol. The molecule has 1 aromatic rings. The highest BCUT2D eigenvalue weighted by atomic mass is 16.5. The summed E-state index contributed by atoms with van der Waals surface area (Å²) < 4.78 is 11.8. The molecule has 7 heteroatoms. The maximum atomic E-state index is 6.08. The Bertz CT molecular complexity index is 491. The maximum absolute atomic E-state index is 6.08. The summed E-state index contributed by atoms with van der Waals surface area (Å²) in [4.78, 5) is 6.69. The maximum Gasteiger partial charge on any atom is 0.193 e. The number of aliphatic imine (C=N–C) groups is 1. The predicted octanol–water partition coefficient (Wildman–Crippen LogP) is 1.54. The molecule has 2 fully saturated rings. The lowest BCUT2D eigenvalue weighted by Gasteiger charge is -2.35. The predicted molar refractivity (Wildman–Crippen MR) is 92.9 cm³/mol. The largest absolute Gasteiger partial charge is 0.376 e. The van der Waals surface area contributed by atoms with Gasteiger partial charge in [-0.05, 0) is 38.2 Å². The molecule has 0 radical (unpaired) electrons. The number of H-pyrrole nitrogens is 1. The number of aromatic amines is 1. The molecular formula is C17H29N5O2. The standard InChI is InChI=1S/C17H29N5O2/c1-18-17(19-12-14-5-8-20-21-14)22-9-6-15(7-10-22)24-13-16-4-2-3-11-23-16/h5,8,15-16H,2-4,6-7,9-13H2,1H3,(H,18,19)(H,20,21). The summed E-state index contributed by atoms with van der Waals surface area (Å²) in [5.41, 5.74) is 1.06. The van der Waals surface area contributed by atoms with Gasteiger partial charge in [-0.15, -0.1) is 0 Å². The number of nitrogens with zero attached hydrogens (tertiary/aromatic N) is 3. The van der Waals surface area contributed by atoms with Crippen molar-refractivity contribution < 1.29 is 9.47 Å². The molecule has 24 heavy (non-hydrogen) atoms. The summed E-state index contributed by atoms with van der Waals surface area (Å²) >= 11 is 0. The quantitative estimate of drug-likeness (QED) is 0.631. The zero-order valence-corrected chi connectivity index (χ0v) is 14.5. The molecule has 1 aromatic heterocycles. The third kappa shape index (κ3) is 4.95. The van der Waals surface area contributed by atoms with Crippen LogP contribution in [-0.2, 0) is 16.0 Å². The summed E-state index contributed by atoms with van der Waals surface area (Å²) in [5, 5.41) is 10.3. The summed E-state index contributed by atoms with van der Waals surface area (Å²) in [6, 6.07) is 1.97. The first kappa shape index (κ1) is 17.2. The van der Waals surface area contributed by atoms with Crippen LogP contribution in [0.25, 0.3) is 0 Å². The number of aromatic nitrogens is 2. The lowest BCUT2D eigenvalue weighted by molar-refractivity contribution is -0.0721. The Morgan fingerprint density at radius 3 is 2.96 bits per heavy atom. The first-order valence-electron chi connectivity index (χ1n) is 9.02. The molecule has 2 saturated heterocycles. The number of piperidine rings is 1. The topological polar surface area (TPSA) is 74.8 Å². The van der Waals surface area contributed by atoms with Crippen molar-refractivity contribution in [1.82, 2.24) is 20.4 Å². The molecule has 2 N–H and O–H groups in total. The third-order valence-electron chi connectivity index (χ3n) is 4.74. The van der Waals surface area contributed by atoms with Crippen LogP contribution in [0.4, 0.5) is 0 Å². The second kappa shape index (κ2) is 9.03. The number of hydrogen-bond donors (Lipinski definition) is 2. The van der Waals surface area contributed by atoms with E-state index in [4.69, 9.17) is 9.47 Å². The van der Waals surface area contributed by atoms with Crippen molar-refractivity contribution in [3.05, 3.63) is 18.0 Å². The minimum atomic E-state index is 0.306. The van der Waals surface area contributed by atoms with Crippen molar-refractivity contribution in [2.75, 3.05) is 33.4 Å². The molecule has 2 aliphatic heterocycles. The fraction of sp³-hybridized carbons (Fsp3) is 0.765. The van der Waals surface area contributed by atoms with Gasteiger partial charge in [0.25, 0.3) is 0 Å². The highest BCUT2D eigenvalue weighted by molar-refractivity contribution is 5.79. The fourth-order valence-corrected chi connectivity index (χ4v) is 3.31. The normalized spacial score (nSPS) is 23.5. The number of rotatable bonds is 5. The molecule has 0 aromatic carbocycles. The van der Waals surface area contributed by atoms with Crippen LogP contribution in [0.1, 0.15) is 37.8 Å². The van der Waals surface area contributed by atoms with Gasteiger partial charge in [-0.1, -0.05) is 0 Å². The van der Waals surface area contributed by atoms with E-state index in [0.29, 0.717) is 18.8 Å². The van der Waals surface area contributed by atoms with Gasteiger partial charge in [-0.25, -0.2) is 0 Å². The van der Waals surface area contributed by atoms with Gasteiger partial charge in [0.15, 0.2) is 5.96 Å². The minimum absolute atomic E-state index is 0.306. The van der Waals surface area contributed by atoms with Crippen molar-refractivity contribution in [2.24, 2.45) is 4.99 Å². The van der Waals surface area contributed by atoms with E-state index in [2.05, 4.69) is 25.4 Å². The van der Waals surface area contributed by atoms with E-state index in [-0.39, 0.29) is 0 Å². The second-order valence-corrected chi connectivity index (χ2v) is 6.49. The molecule has 0 aliphatic carbocycles. The Balaban J connectivity index is 1.37. The van der Waals surface area contributed by atoms with Crippen LogP contribution < -0.4 is 5.32 Å². The van der Waals surface area contributed by atoms with E-state index in [0.717, 1.165) is 57.2 Å². The Morgan fingerprint density at radius 1 is 1.42 bits per heavy atom.